The Kier molecular flexibility index (Phi) is 5.20. The van der Waals surface area contributed by atoms with Crippen LogP contribution in [0.4, 0.5) is 5.82 Å². The Bertz CT molecular complexity index is 952. The van der Waals surface area contributed by atoms with Gasteiger partial charge in [-0.1, -0.05) is 57.6 Å². The maximum absolute atomic E-state index is 11.3. The van der Waals surface area contributed by atoms with E-state index in [0.717, 1.165) is 0 Å². The molecule has 0 saturated heterocycles. The van der Waals surface area contributed by atoms with Gasteiger partial charge in [-0.15, -0.1) is 0 Å². The lowest BCUT2D eigenvalue weighted by atomic mass is 10.1. The largest absolute Gasteiger partial charge is 0.354 e. The molecule has 9 heteroatoms. The number of carbonyl (C=O) groups is 1. The zero-order chi connectivity index (χ0) is 18.1. The summed E-state index contributed by atoms with van der Waals surface area (Å²) in [6, 6.07) is 8.26. The van der Waals surface area contributed by atoms with Gasteiger partial charge in [0.1, 0.15) is 16.4 Å². The van der Waals surface area contributed by atoms with Crippen LogP contribution in [0, 0.1) is 0 Å². The van der Waals surface area contributed by atoms with E-state index in [1.54, 1.807) is 24.3 Å². The van der Waals surface area contributed by atoms with Crippen molar-refractivity contribution in [3.8, 4) is 22.7 Å². The monoisotopic (exact) mass is 415 g/mol. The second-order valence-electron chi connectivity index (χ2n) is 5.01. The third kappa shape index (κ3) is 3.75. The Morgan fingerprint density at radius 2 is 1.72 bits per heavy atom. The molecular weight excluding hydrogens is 408 g/mol. The third-order valence-electron chi connectivity index (χ3n) is 3.19. The number of anilines is 1. The van der Waals surface area contributed by atoms with Crippen molar-refractivity contribution in [2.45, 2.75) is 6.92 Å². The van der Waals surface area contributed by atoms with Gasteiger partial charge in [-0.2, -0.15) is 0 Å². The summed E-state index contributed by atoms with van der Waals surface area (Å²) < 4.78 is 5.33. The minimum Gasteiger partial charge on any atom is -0.354 e. The molecule has 2 aromatic heterocycles. The summed E-state index contributed by atoms with van der Waals surface area (Å²) >= 11 is 24.5. The molecule has 25 heavy (non-hydrogen) atoms. The van der Waals surface area contributed by atoms with Gasteiger partial charge in [-0.05, 0) is 18.2 Å². The predicted molar refractivity (Wildman–Crippen MR) is 99.5 cm³/mol. The van der Waals surface area contributed by atoms with Gasteiger partial charge in [0.2, 0.25) is 5.91 Å². The van der Waals surface area contributed by atoms with E-state index in [4.69, 9.17) is 50.9 Å². The van der Waals surface area contributed by atoms with E-state index < -0.39 is 0 Å². The number of aromatic nitrogens is 2. The Hall–Kier alpha value is -1.79. The van der Waals surface area contributed by atoms with Crippen LogP contribution >= 0.6 is 46.4 Å². The number of nitrogens with one attached hydrogen (secondary N) is 1. The van der Waals surface area contributed by atoms with Gasteiger partial charge in [0, 0.05) is 18.6 Å². The number of benzene rings is 1. The molecule has 5 nitrogen and oxygen atoms in total. The molecular formula is C16H9Cl4N3O2. The summed E-state index contributed by atoms with van der Waals surface area (Å²) in [6.45, 7) is 1.34. The molecule has 3 aromatic rings. The van der Waals surface area contributed by atoms with E-state index in [9.17, 15) is 4.79 Å². The molecule has 0 radical (unpaired) electrons. The molecule has 1 aromatic carbocycles. The van der Waals surface area contributed by atoms with Crippen molar-refractivity contribution in [2.75, 3.05) is 5.32 Å². The molecule has 0 unspecified atom stereocenters. The molecule has 2 heterocycles. The molecule has 1 N–H and O–H groups in total. The van der Waals surface area contributed by atoms with E-state index in [2.05, 4.69) is 15.5 Å². The van der Waals surface area contributed by atoms with E-state index in [1.807, 2.05) is 0 Å². The van der Waals surface area contributed by atoms with E-state index in [-0.39, 0.29) is 21.8 Å². The molecule has 0 bridgehead atoms. The minimum absolute atomic E-state index is 0.130. The Labute approximate surface area is 162 Å². The van der Waals surface area contributed by atoms with Gasteiger partial charge in [0.05, 0.1) is 15.1 Å². The summed E-state index contributed by atoms with van der Waals surface area (Å²) in [6.07, 6.45) is 0. The average Bonchev–Trinajstić information content (AvgIpc) is 3.00. The van der Waals surface area contributed by atoms with Crippen LogP contribution in [0.2, 0.25) is 20.1 Å². The fraction of sp³-hybridized carbons (Fsp3) is 0.0625. The van der Waals surface area contributed by atoms with E-state index in [1.165, 1.54) is 13.0 Å². The number of amides is 1. The first-order valence-electron chi connectivity index (χ1n) is 6.92. The van der Waals surface area contributed by atoms with Crippen LogP contribution in [0.1, 0.15) is 6.92 Å². The van der Waals surface area contributed by atoms with Crippen LogP contribution in [0.5, 0.6) is 0 Å². The minimum atomic E-state index is -0.330. The zero-order valence-electron chi connectivity index (χ0n) is 12.6. The molecule has 0 saturated carbocycles. The molecule has 128 valence electrons. The van der Waals surface area contributed by atoms with Crippen molar-refractivity contribution in [3.63, 3.8) is 0 Å². The molecule has 0 fully saturated rings. The molecule has 0 spiro atoms. The molecule has 0 aliphatic rings. The Morgan fingerprint density at radius 1 is 1.04 bits per heavy atom. The number of pyridine rings is 1. The lowest BCUT2D eigenvalue weighted by Crippen LogP contribution is -2.08. The summed E-state index contributed by atoms with van der Waals surface area (Å²) in [4.78, 5) is 15.5. The molecule has 0 aliphatic carbocycles. The Balaban J connectivity index is 2.06. The fourth-order valence-electron chi connectivity index (χ4n) is 2.13. The van der Waals surface area contributed by atoms with Crippen LogP contribution in [0.3, 0.4) is 0 Å². The van der Waals surface area contributed by atoms with Crippen molar-refractivity contribution in [3.05, 3.63) is 50.4 Å². The van der Waals surface area contributed by atoms with Crippen LogP contribution in [0.25, 0.3) is 22.7 Å². The van der Waals surface area contributed by atoms with Gasteiger partial charge in [0.25, 0.3) is 0 Å². The van der Waals surface area contributed by atoms with Crippen LogP contribution in [-0.4, -0.2) is 16.0 Å². The van der Waals surface area contributed by atoms with Crippen molar-refractivity contribution in [2.24, 2.45) is 0 Å². The number of rotatable bonds is 3. The predicted octanol–water partition coefficient (Wildman–Crippen LogP) is 5.98. The fourth-order valence-corrected chi connectivity index (χ4v) is 3.06. The maximum Gasteiger partial charge on any atom is 0.222 e. The van der Waals surface area contributed by atoms with Crippen molar-refractivity contribution < 1.29 is 9.32 Å². The van der Waals surface area contributed by atoms with Crippen LogP contribution in [-0.2, 0) is 4.79 Å². The summed E-state index contributed by atoms with van der Waals surface area (Å²) in [7, 11) is 0. The quantitative estimate of drug-likeness (QED) is 0.570. The topological polar surface area (TPSA) is 68.0 Å². The summed E-state index contributed by atoms with van der Waals surface area (Å²) in [5.41, 5.74) is 1.34. The standard InChI is InChI=1S/C16H9Cl4N3O2/c1-7(24)21-16-15(20)10(19)5-11(22-16)13-6-12(23-25-13)14-8(17)3-2-4-9(14)18/h2-6H,1H3,(H,21,22,24). The lowest BCUT2D eigenvalue weighted by Gasteiger charge is -2.07. The van der Waals surface area contributed by atoms with Gasteiger partial charge in [0.15, 0.2) is 11.6 Å². The lowest BCUT2D eigenvalue weighted by molar-refractivity contribution is -0.114. The number of nitrogens with zero attached hydrogens (tertiary/aromatic N) is 2. The van der Waals surface area contributed by atoms with E-state index in [0.29, 0.717) is 32.8 Å². The van der Waals surface area contributed by atoms with Crippen molar-refractivity contribution in [1.82, 2.24) is 10.1 Å². The maximum atomic E-state index is 11.3. The number of carbonyl (C=O) groups excluding carboxylic acids is 1. The van der Waals surface area contributed by atoms with Gasteiger partial charge < -0.3 is 9.84 Å². The second kappa shape index (κ2) is 7.22. The first-order valence-corrected chi connectivity index (χ1v) is 8.43. The van der Waals surface area contributed by atoms with Gasteiger partial charge >= 0.3 is 0 Å². The molecule has 1 amide bonds. The smallest absolute Gasteiger partial charge is 0.222 e. The number of hydrogen-bond donors (Lipinski definition) is 1. The van der Waals surface area contributed by atoms with Crippen LogP contribution < -0.4 is 5.32 Å². The SMILES string of the molecule is CC(=O)Nc1nc(-c2cc(-c3c(Cl)cccc3Cl)no2)cc(Cl)c1Cl. The second-order valence-corrected chi connectivity index (χ2v) is 6.61. The molecule has 0 atom stereocenters. The summed E-state index contributed by atoms with van der Waals surface area (Å²) in [5, 5.41) is 7.71. The first kappa shape index (κ1) is 18.0. The number of halogens is 4. The zero-order valence-corrected chi connectivity index (χ0v) is 15.6. The third-order valence-corrected chi connectivity index (χ3v) is 4.60. The highest BCUT2D eigenvalue weighted by Gasteiger charge is 2.18. The first-order chi connectivity index (χ1) is 11.9. The number of hydrogen-bond acceptors (Lipinski definition) is 4. The normalized spacial score (nSPS) is 10.8. The van der Waals surface area contributed by atoms with Gasteiger partial charge in [-0.3, -0.25) is 4.79 Å². The van der Waals surface area contributed by atoms with Gasteiger partial charge in [-0.25, -0.2) is 4.98 Å². The van der Waals surface area contributed by atoms with E-state index >= 15 is 0 Å². The molecule has 0 aliphatic heterocycles. The Morgan fingerprint density at radius 3 is 2.36 bits per heavy atom. The highest BCUT2D eigenvalue weighted by molar-refractivity contribution is 6.44. The average molecular weight is 417 g/mol. The highest BCUT2D eigenvalue weighted by atomic mass is 35.5. The highest BCUT2D eigenvalue weighted by Crippen LogP contribution is 2.37. The van der Waals surface area contributed by atoms with Crippen molar-refractivity contribution >= 4 is 58.1 Å². The van der Waals surface area contributed by atoms with Crippen molar-refractivity contribution in [1.29, 1.82) is 0 Å². The van der Waals surface area contributed by atoms with Crippen LogP contribution in [0.15, 0.2) is 34.9 Å². The summed E-state index contributed by atoms with van der Waals surface area (Å²) in [5.74, 6) is 0.116. The molecule has 3 rings (SSSR count).